The summed E-state index contributed by atoms with van der Waals surface area (Å²) in [6.07, 6.45) is 1.97. The second-order valence-corrected chi connectivity index (χ2v) is 17.0. The summed E-state index contributed by atoms with van der Waals surface area (Å²) in [5, 5.41) is 4.18. The highest BCUT2D eigenvalue weighted by atomic mass is 28.3. The molecule has 9 nitrogen and oxygen atoms in total. The quantitative estimate of drug-likeness (QED) is 0.151. The van der Waals surface area contributed by atoms with Crippen LogP contribution in [0.1, 0.15) is 0 Å². The van der Waals surface area contributed by atoms with Gasteiger partial charge in [0.05, 0.1) is 5.39 Å². The number of benzene rings is 2. The van der Waals surface area contributed by atoms with E-state index in [1.54, 1.807) is 6.07 Å². The van der Waals surface area contributed by atoms with Gasteiger partial charge in [-0.2, -0.15) is 9.97 Å². The third-order valence-corrected chi connectivity index (χ3v) is 8.58. The van der Waals surface area contributed by atoms with E-state index >= 15 is 0 Å². The number of rotatable bonds is 10. The predicted molar refractivity (Wildman–Crippen MR) is 162 cm³/mol. The Kier molecular flexibility index (Phi) is 8.06. The second kappa shape index (κ2) is 11.6. The molecular formula is C29H39N7O2Si. The molecule has 206 valence electrons. The summed E-state index contributed by atoms with van der Waals surface area (Å²) in [4.78, 5) is 14.4. The lowest BCUT2D eigenvalue weighted by Gasteiger charge is -2.34. The summed E-state index contributed by atoms with van der Waals surface area (Å²) in [5.74, 6) is 1.54. The molecule has 1 fully saturated rings. The van der Waals surface area contributed by atoms with Crippen LogP contribution in [0.5, 0.6) is 11.6 Å². The molecule has 1 saturated heterocycles. The topological polar surface area (TPSA) is 93.7 Å². The van der Waals surface area contributed by atoms with Crippen molar-refractivity contribution in [2.24, 2.45) is 0 Å². The monoisotopic (exact) mass is 545 g/mol. The number of likely N-dealkylation sites (N-methyl/N-ethyl adjacent to an activating group) is 1. The van der Waals surface area contributed by atoms with Crippen LogP contribution < -0.4 is 20.7 Å². The molecule has 1 aliphatic heterocycles. The van der Waals surface area contributed by atoms with Gasteiger partial charge in [0.1, 0.15) is 12.5 Å². The standard InChI is InChI=1S/C29H39N7O2Si/c1-34-14-16-35(17-15-34)24-10-8-23(9-11-24)31-29-32-27-26(12-13-36(27)21-37-18-19-39(2,3)4)28(33-29)38-25-7-5-6-22(30)20-25/h5-13,20H,14-19,21,30H2,1-4H3,(H,31,32,33). The van der Waals surface area contributed by atoms with Crippen LogP contribution in [0.3, 0.4) is 0 Å². The molecule has 0 radical (unpaired) electrons. The number of piperazine rings is 1. The van der Waals surface area contributed by atoms with E-state index in [1.807, 2.05) is 35.0 Å². The lowest BCUT2D eigenvalue weighted by Crippen LogP contribution is -2.44. The third kappa shape index (κ3) is 7.08. The number of nitrogens with one attached hydrogen (secondary N) is 1. The highest BCUT2D eigenvalue weighted by molar-refractivity contribution is 6.76. The van der Waals surface area contributed by atoms with E-state index in [2.05, 4.69) is 66.1 Å². The number of fused-ring (bicyclic) bond motifs is 1. The van der Waals surface area contributed by atoms with E-state index < -0.39 is 8.07 Å². The van der Waals surface area contributed by atoms with Gasteiger partial charge >= 0.3 is 0 Å². The predicted octanol–water partition coefficient (Wildman–Crippen LogP) is 5.61. The van der Waals surface area contributed by atoms with E-state index in [9.17, 15) is 0 Å². The van der Waals surface area contributed by atoms with Gasteiger partial charge in [-0.3, -0.25) is 0 Å². The van der Waals surface area contributed by atoms with Gasteiger partial charge in [-0.25, -0.2) is 0 Å². The Morgan fingerprint density at radius 1 is 0.974 bits per heavy atom. The fourth-order valence-electron chi connectivity index (χ4n) is 4.46. The van der Waals surface area contributed by atoms with Crippen molar-refractivity contribution in [3.05, 3.63) is 60.8 Å². The molecule has 3 N–H and O–H groups in total. The van der Waals surface area contributed by atoms with E-state index in [1.165, 1.54) is 5.69 Å². The van der Waals surface area contributed by atoms with Gasteiger partial charge < -0.3 is 34.9 Å². The first kappa shape index (κ1) is 27.0. The molecule has 0 amide bonds. The minimum absolute atomic E-state index is 0.419. The van der Waals surface area contributed by atoms with E-state index in [0.717, 1.165) is 55.6 Å². The lowest BCUT2D eigenvalue weighted by molar-refractivity contribution is 0.0899. The zero-order chi connectivity index (χ0) is 27.4. The van der Waals surface area contributed by atoms with Gasteiger partial charge in [-0.1, -0.05) is 25.7 Å². The van der Waals surface area contributed by atoms with Gasteiger partial charge in [-0.05, 0) is 55.6 Å². The molecule has 5 rings (SSSR count). The van der Waals surface area contributed by atoms with Crippen molar-refractivity contribution < 1.29 is 9.47 Å². The van der Waals surface area contributed by atoms with Gasteiger partial charge in [0.2, 0.25) is 11.8 Å². The van der Waals surface area contributed by atoms with Gasteiger partial charge in [-0.15, -0.1) is 0 Å². The number of hydrogen-bond acceptors (Lipinski definition) is 8. The van der Waals surface area contributed by atoms with Gasteiger partial charge in [0, 0.05) is 70.2 Å². The Labute approximate surface area is 231 Å². The maximum Gasteiger partial charge on any atom is 0.233 e. The Bertz CT molecular complexity index is 1390. The van der Waals surface area contributed by atoms with Gasteiger partial charge in [0.25, 0.3) is 0 Å². The molecule has 0 unspecified atom stereocenters. The molecule has 0 saturated carbocycles. The molecule has 0 aliphatic carbocycles. The molecule has 10 heteroatoms. The first-order valence-electron chi connectivity index (χ1n) is 13.5. The average molecular weight is 546 g/mol. The van der Waals surface area contributed by atoms with Crippen LogP contribution >= 0.6 is 0 Å². The summed E-state index contributed by atoms with van der Waals surface area (Å²) in [6.45, 7) is 12.4. The maximum atomic E-state index is 6.21. The molecule has 4 aromatic rings. The lowest BCUT2D eigenvalue weighted by atomic mass is 10.2. The molecule has 0 atom stereocenters. The molecule has 3 heterocycles. The summed E-state index contributed by atoms with van der Waals surface area (Å²) in [6, 6.07) is 18.8. The minimum Gasteiger partial charge on any atom is -0.438 e. The van der Waals surface area contributed by atoms with E-state index in [-0.39, 0.29) is 0 Å². The van der Waals surface area contributed by atoms with E-state index in [4.69, 9.17) is 25.2 Å². The van der Waals surface area contributed by atoms with Gasteiger partial charge in [0.15, 0.2) is 5.65 Å². The molecular weight excluding hydrogens is 506 g/mol. The molecule has 1 aliphatic rings. The molecule has 39 heavy (non-hydrogen) atoms. The Morgan fingerprint density at radius 3 is 2.46 bits per heavy atom. The normalized spacial score (nSPS) is 14.6. The first-order chi connectivity index (χ1) is 18.7. The Hall–Kier alpha value is -3.60. The fourth-order valence-corrected chi connectivity index (χ4v) is 5.21. The summed E-state index contributed by atoms with van der Waals surface area (Å²) >= 11 is 0. The maximum absolute atomic E-state index is 6.21. The van der Waals surface area contributed by atoms with Crippen molar-refractivity contribution in [3.8, 4) is 11.6 Å². The number of anilines is 4. The Balaban J connectivity index is 1.39. The Morgan fingerprint density at radius 2 is 1.74 bits per heavy atom. The van der Waals surface area contributed by atoms with Crippen molar-refractivity contribution in [2.45, 2.75) is 32.4 Å². The molecule has 2 aromatic carbocycles. The molecule has 0 bridgehead atoms. The van der Waals surface area contributed by atoms with Crippen LogP contribution in [-0.4, -0.2) is 67.3 Å². The van der Waals surface area contributed by atoms with E-state index in [0.29, 0.717) is 30.0 Å². The smallest absolute Gasteiger partial charge is 0.233 e. The largest absolute Gasteiger partial charge is 0.438 e. The fraction of sp³-hybridized carbons (Fsp3) is 0.379. The number of nitrogens with two attached hydrogens (primary N) is 1. The van der Waals surface area contributed by atoms with Crippen molar-refractivity contribution in [1.82, 2.24) is 19.4 Å². The van der Waals surface area contributed by atoms with Crippen molar-refractivity contribution in [1.29, 1.82) is 0 Å². The minimum atomic E-state index is -1.17. The SMILES string of the molecule is CN1CCN(c2ccc(Nc3nc(Oc4cccc(N)c4)c4ccn(COCC[Si](C)(C)C)c4n3)cc2)CC1. The van der Waals surface area contributed by atoms with Crippen molar-refractivity contribution in [2.75, 3.05) is 55.8 Å². The number of nitrogen functional groups attached to an aromatic ring is 1. The summed E-state index contributed by atoms with van der Waals surface area (Å²) in [7, 11) is 1.00. The van der Waals surface area contributed by atoms with Crippen molar-refractivity contribution >= 4 is 42.1 Å². The average Bonchev–Trinajstić information content (AvgIpc) is 3.30. The van der Waals surface area contributed by atoms with Crippen LogP contribution in [0, 0.1) is 0 Å². The molecule has 0 spiro atoms. The number of nitrogens with zero attached hydrogens (tertiary/aromatic N) is 5. The zero-order valence-corrected chi connectivity index (χ0v) is 24.4. The zero-order valence-electron chi connectivity index (χ0n) is 23.4. The number of hydrogen-bond donors (Lipinski definition) is 2. The first-order valence-corrected chi connectivity index (χ1v) is 17.2. The van der Waals surface area contributed by atoms with Crippen molar-refractivity contribution in [3.63, 3.8) is 0 Å². The van der Waals surface area contributed by atoms with Crippen LogP contribution in [0.15, 0.2) is 60.8 Å². The summed E-state index contributed by atoms with van der Waals surface area (Å²) < 4.78 is 14.2. The van der Waals surface area contributed by atoms with Crippen LogP contribution in [0.2, 0.25) is 25.7 Å². The number of ether oxygens (including phenoxy) is 2. The third-order valence-electron chi connectivity index (χ3n) is 6.88. The molecule has 2 aromatic heterocycles. The highest BCUT2D eigenvalue weighted by Gasteiger charge is 2.17. The van der Waals surface area contributed by atoms with Crippen LogP contribution in [0.25, 0.3) is 11.0 Å². The highest BCUT2D eigenvalue weighted by Crippen LogP contribution is 2.31. The van der Waals surface area contributed by atoms with Crippen LogP contribution in [-0.2, 0) is 11.5 Å². The second-order valence-electron chi connectivity index (χ2n) is 11.4. The number of aromatic nitrogens is 3. The summed E-state index contributed by atoms with van der Waals surface area (Å²) in [5.41, 5.74) is 9.49. The van der Waals surface area contributed by atoms with Crippen LogP contribution in [0.4, 0.5) is 23.0 Å².